The molecule has 1 aromatic heterocycles. The smallest absolute Gasteiger partial charge is 0.243 e. The topological polar surface area (TPSA) is 54.7 Å². The van der Waals surface area contributed by atoms with E-state index < -0.39 is 10.0 Å². The Morgan fingerprint density at radius 2 is 1.77 bits per heavy atom. The molecular weight excluding hydrogens is 414 g/mol. The predicted molar refractivity (Wildman–Crippen MR) is 122 cm³/mol. The highest BCUT2D eigenvalue weighted by Gasteiger charge is 2.26. The van der Waals surface area contributed by atoms with Gasteiger partial charge >= 0.3 is 0 Å². The van der Waals surface area contributed by atoms with Crippen LogP contribution in [0.5, 0.6) is 0 Å². The average molecular weight is 442 g/mol. The van der Waals surface area contributed by atoms with Crippen LogP contribution in [0.15, 0.2) is 69.9 Å². The molecule has 7 heteroatoms. The third-order valence-corrected chi connectivity index (χ3v) is 8.07. The minimum absolute atomic E-state index is 0.373. The zero-order chi connectivity index (χ0) is 21.0. The number of nitrogens with zero attached hydrogens (tertiary/aromatic N) is 3. The lowest BCUT2D eigenvalue weighted by molar-refractivity contribution is 0.346. The van der Waals surface area contributed by atoms with Gasteiger partial charge in [-0.25, -0.2) is 13.4 Å². The fourth-order valence-corrected chi connectivity index (χ4v) is 6.29. The number of hydrogen-bond acceptors (Lipinski definition) is 4. The van der Waals surface area contributed by atoms with E-state index >= 15 is 0 Å². The number of rotatable bonds is 6. The fourth-order valence-electron chi connectivity index (χ4n) is 3.77. The van der Waals surface area contributed by atoms with Gasteiger partial charge in [0.05, 0.1) is 16.3 Å². The lowest BCUT2D eigenvalue weighted by atomic mass is 10.2. The lowest BCUT2D eigenvalue weighted by Gasteiger charge is -2.26. The molecule has 4 rings (SSSR count). The van der Waals surface area contributed by atoms with Crippen molar-refractivity contribution >= 4 is 27.0 Å². The van der Waals surface area contributed by atoms with E-state index in [1.165, 1.54) is 0 Å². The molecule has 1 saturated heterocycles. The Morgan fingerprint density at radius 1 is 1.00 bits per heavy atom. The molecule has 0 N–H and O–H groups in total. The van der Waals surface area contributed by atoms with Crippen LogP contribution in [0, 0.1) is 0 Å². The minimum atomic E-state index is -3.46. The summed E-state index contributed by atoms with van der Waals surface area (Å²) in [6, 6.07) is 17.3. The standard InChI is InChI=1S/C23H27N3O2S2/c1-2-14-26-22(18-29-23(26)24-20-11-5-3-6-12-20)19-10-9-13-21(17-19)30(27,28)25-15-7-4-8-16-25/h3,5-6,9-13,17-18H,2,4,7-8,14-16H2,1H3. The number of sulfonamides is 1. The summed E-state index contributed by atoms with van der Waals surface area (Å²) in [5.41, 5.74) is 2.83. The fraction of sp³-hybridized carbons (Fsp3) is 0.348. The molecule has 0 unspecified atom stereocenters. The Kier molecular flexibility index (Phi) is 6.51. The van der Waals surface area contributed by atoms with Gasteiger partial charge in [0.1, 0.15) is 0 Å². The van der Waals surface area contributed by atoms with Crippen molar-refractivity contribution in [1.82, 2.24) is 8.87 Å². The van der Waals surface area contributed by atoms with Crippen molar-refractivity contribution in [3.05, 3.63) is 64.8 Å². The van der Waals surface area contributed by atoms with Gasteiger partial charge < -0.3 is 4.57 Å². The molecule has 0 atom stereocenters. The molecule has 1 fully saturated rings. The van der Waals surface area contributed by atoms with Crippen LogP contribution >= 0.6 is 11.3 Å². The molecule has 1 aliphatic rings. The zero-order valence-corrected chi connectivity index (χ0v) is 18.8. The second kappa shape index (κ2) is 9.29. The summed E-state index contributed by atoms with van der Waals surface area (Å²) in [4.78, 5) is 6.10. The molecule has 0 amide bonds. The third-order valence-electron chi connectivity index (χ3n) is 5.31. The van der Waals surface area contributed by atoms with Crippen molar-refractivity contribution in [3.8, 4) is 11.3 Å². The minimum Gasteiger partial charge on any atom is -0.316 e. The first-order valence-electron chi connectivity index (χ1n) is 10.5. The van der Waals surface area contributed by atoms with Gasteiger partial charge in [-0.3, -0.25) is 0 Å². The van der Waals surface area contributed by atoms with Gasteiger partial charge in [-0.15, -0.1) is 11.3 Å². The maximum absolute atomic E-state index is 13.1. The second-order valence-electron chi connectivity index (χ2n) is 7.50. The predicted octanol–water partition coefficient (Wildman–Crippen LogP) is 5.03. The van der Waals surface area contributed by atoms with Crippen LogP contribution < -0.4 is 4.80 Å². The lowest BCUT2D eigenvalue weighted by Crippen LogP contribution is -2.35. The van der Waals surface area contributed by atoms with Crippen molar-refractivity contribution in [2.45, 2.75) is 44.0 Å². The highest BCUT2D eigenvalue weighted by atomic mass is 32.2. The zero-order valence-electron chi connectivity index (χ0n) is 17.2. The van der Waals surface area contributed by atoms with Crippen LogP contribution in [0.3, 0.4) is 0 Å². The molecule has 0 spiro atoms. The van der Waals surface area contributed by atoms with Gasteiger partial charge in [0.25, 0.3) is 0 Å². The van der Waals surface area contributed by atoms with Gasteiger partial charge in [0.15, 0.2) is 4.80 Å². The monoisotopic (exact) mass is 441 g/mol. The average Bonchev–Trinajstić information content (AvgIpc) is 3.17. The number of thiazole rings is 1. The first-order chi connectivity index (χ1) is 14.6. The Balaban J connectivity index is 1.74. The quantitative estimate of drug-likeness (QED) is 0.538. The van der Waals surface area contributed by atoms with E-state index in [1.807, 2.05) is 48.5 Å². The van der Waals surface area contributed by atoms with Crippen molar-refractivity contribution in [3.63, 3.8) is 0 Å². The van der Waals surface area contributed by atoms with Gasteiger partial charge in [-0.2, -0.15) is 4.31 Å². The summed E-state index contributed by atoms with van der Waals surface area (Å²) in [7, 11) is -3.46. The molecule has 30 heavy (non-hydrogen) atoms. The number of hydrogen-bond donors (Lipinski definition) is 0. The number of para-hydroxylation sites is 1. The Hall–Kier alpha value is -2.22. The van der Waals surface area contributed by atoms with Crippen molar-refractivity contribution in [2.75, 3.05) is 13.1 Å². The maximum atomic E-state index is 13.1. The molecule has 5 nitrogen and oxygen atoms in total. The van der Waals surface area contributed by atoms with E-state index in [4.69, 9.17) is 4.99 Å². The summed E-state index contributed by atoms with van der Waals surface area (Å²) < 4.78 is 30.1. The molecule has 0 bridgehead atoms. The van der Waals surface area contributed by atoms with Crippen LogP contribution in [0.4, 0.5) is 5.69 Å². The SMILES string of the molecule is CCCn1c(-c2cccc(S(=O)(=O)N3CCCCC3)c2)csc1=Nc1ccccc1. The van der Waals surface area contributed by atoms with E-state index in [1.54, 1.807) is 21.7 Å². The van der Waals surface area contributed by atoms with Crippen LogP contribution in [0.1, 0.15) is 32.6 Å². The molecule has 0 radical (unpaired) electrons. The van der Waals surface area contributed by atoms with Gasteiger partial charge in [0.2, 0.25) is 10.0 Å². The van der Waals surface area contributed by atoms with E-state index in [0.717, 1.165) is 54.0 Å². The molecule has 158 valence electrons. The largest absolute Gasteiger partial charge is 0.316 e. The summed E-state index contributed by atoms with van der Waals surface area (Å²) in [5.74, 6) is 0. The Bertz CT molecular complexity index is 1160. The second-order valence-corrected chi connectivity index (χ2v) is 10.3. The molecule has 0 saturated carbocycles. The molecule has 2 heterocycles. The van der Waals surface area contributed by atoms with Crippen LogP contribution in [-0.4, -0.2) is 30.4 Å². The number of benzene rings is 2. The van der Waals surface area contributed by atoms with Crippen molar-refractivity contribution in [1.29, 1.82) is 0 Å². The summed E-state index contributed by atoms with van der Waals surface area (Å²) in [6.07, 6.45) is 3.94. The highest BCUT2D eigenvalue weighted by Crippen LogP contribution is 2.27. The maximum Gasteiger partial charge on any atom is 0.243 e. The van der Waals surface area contributed by atoms with E-state index in [0.29, 0.717) is 18.0 Å². The first-order valence-corrected chi connectivity index (χ1v) is 12.8. The first kappa shape index (κ1) is 21.0. The summed E-state index contributed by atoms with van der Waals surface area (Å²) in [6.45, 7) is 4.19. The summed E-state index contributed by atoms with van der Waals surface area (Å²) in [5, 5.41) is 2.07. The molecule has 2 aromatic carbocycles. The molecular formula is C23H27N3O2S2. The number of aromatic nitrogens is 1. The number of piperidine rings is 1. The molecule has 1 aliphatic heterocycles. The van der Waals surface area contributed by atoms with Gasteiger partial charge in [-0.05, 0) is 43.5 Å². The normalized spacial score (nSPS) is 16.1. The van der Waals surface area contributed by atoms with E-state index in [-0.39, 0.29) is 0 Å². The summed E-state index contributed by atoms with van der Waals surface area (Å²) >= 11 is 1.58. The molecule has 3 aromatic rings. The Morgan fingerprint density at radius 3 is 2.50 bits per heavy atom. The highest BCUT2D eigenvalue weighted by molar-refractivity contribution is 7.89. The van der Waals surface area contributed by atoms with Crippen LogP contribution in [0.25, 0.3) is 11.3 Å². The Labute approximate surface area is 182 Å². The van der Waals surface area contributed by atoms with Crippen LogP contribution in [0.2, 0.25) is 0 Å². The van der Waals surface area contributed by atoms with Crippen molar-refractivity contribution < 1.29 is 8.42 Å². The van der Waals surface area contributed by atoms with Crippen LogP contribution in [-0.2, 0) is 16.6 Å². The van der Waals surface area contributed by atoms with Crippen molar-refractivity contribution in [2.24, 2.45) is 4.99 Å². The van der Waals surface area contributed by atoms with Gasteiger partial charge in [-0.1, -0.05) is 43.7 Å². The third kappa shape index (κ3) is 4.43. The molecule has 0 aliphatic carbocycles. The van der Waals surface area contributed by atoms with Gasteiger partial charge in [0, 0.05) is 30.6 Å². The van der Waals surface area contributed by atoms with E-state index in [2.05, 4.69) is 16.9 Å². The van der Waals surface area contributed by atoms with E-state index in [9.17, 15) is 8.42 Å².